The van der Waals surface area contributed by atoms with Crippen LogP contribution in [0.5, 0.6) is 11.8 Å². The Morgan fingerprint density at radius 2 is 1.98 bits per heavy atom. The van der Waals surface area contributed by atoms with Crippen LogP contribution in [0.25, 0.3) is 32.2 Å². The smallest absolute Gasteiger partial charge is 0.319 e. The number of anilines is 2. The van der Waals surface area contributed by atoms with Gasteiger partial charge in [-0.3, -0.25) is 4.90 Å². The highest BCUT2D eigenvalue weighted by Gasteiger charge is 2.49. The molecule has 17 heteroatoms. The number of rotatable bonds is 7. The third-order valence-corrected chi connectivity index (χ3v) is 13.8. The molecule has 1 unspecified atom stereocenters. The topological polar surface area (TPSA) is 127 Å². The van der Waals surface area contributed by atoms with E-state index in [1.165, 1.54) is 16.4 Å². The predicted octanol–water partition coefficient (Wildman–Crippen LogP) is 5.39. The molecule has 6 heterocycles. The maximum atomic E-state index is 17.1. The van der Waals surface area contributed by atoms with Gasteiger partial charge in [0.15, 0.2) is 16.7 Å². The lowest BCUT2D eigenvalue weighted by Gasteiger charge is -2.32. The minimum Gasteiger partial charge on any atom is -0.489 e. The Morgan fingerprint density at radius 1 is 1.16 bits per heavy atom. The Kier molecular flexibility index (Phi) is 8.05. The molecule has 0 aliphatic carbocycles. The molecular weight excluding hydrogens is 703 g/mol. The Bertz CT molecular complexity index is 2100. The van der Waals surface area contributed by atoms with Crippen molar-refractivity contribution in [1.29, 1.82) is 0 Å². The van der Waals surface area contributed by atoms with Crippen LogP contribution in [0.1, 0.15) is 39.5 Å². The van der Waals surface area contributed by atoms with Crippen LogP contribution in [0.15, 0.2) is 12.1 Å². The fourth-order valence-corrected chi connectivity index (χ4v) is 10.4. The van der Waals surface area contributed by atoms with Gasteiger partial charge in [0.25, 0.3) is 0 Å². The van der Waals surface area contributed by atoms with Crippen molar-refractivity contribution >= 4 is 65.0 Å². The molecule has 8 rings (SSSR count). The maximum Gasteiger partial charge on any atom is 0.319 e. The summed E-state index contributed by atoms with van der Waals surface area (Å²) in [7, 11) is -3.52. The molecule has 11 nitrogen and oxygen atoms in total. The third kappa shape index (κ3) is 5.27. The van der Waals surface area contributed by atoms with Crippen LogP contribution < -0.4 is 20.1 Å². The van der Waals surface area contributed by atoms with E-state index >= 15 is 4.39 Å². The number of fused-ring (bicyclic) bond motifs is 2. The molecule has 4 aliphatic heterocycles. The van der Waals surface area contributed by atoms with Crippen molar-refractivity contribution in [2.24, 2.45) is 0 Å². The van der Waals surface area contributed by atoms with Crippen LogP contribution in [0.4, 0.5) is 24.1 Å². The summed E-state index contributed by atoms with van der Waals surface area (Å²) in [6.45, 7) is 5.46. The SMILES string of the molecule is CC(C)S(=O)(=O)N1CCC(N2CCOc3c(Cl)c(-c4ccc(F)c5sc(N)nc45)c(F)c4nc(OC[C@@]56CCCN5C[C@H](F)C6)nc2c34)C1. The first kappa shape index (κ1) is 33.0. The number of nitrogens with zero attached hydrogens (tertiary/aromatic N) is 6. The van der Waals surface area contributed by atoms with E-state index in [1.807, 2.05) is 4.90 Å². The van der Waals surface area contributed by atoms with E-state index in [0.717, 1.165) is 30.7 Å². The van der Waals surface area contributed by atoms with Gasteiger partial charge in [-0.2, -0.15) is 14.3 Å². The number of thiazole rings is 1. The molecule has 0 radical (unpaired) electrons. The highest BCUT2D eigenvalue weighted by atomic mass is 35.5. The highest BCUT2D eigenvalue weighted by molar-refractivity contribution is 7.89. The van der Waals surface area contributed by atoms with E-state index in [0.29, 0.717) is 38.3 Å². The van der Waals surface area contributed by atoms with Crippen LogP contribution in [0.2, 0.25) is 5.02 Å². The number of benzene rings is 2. The molecule has 2 aromatic carbocycles. The van der Waals surface area contributed by atoms with E-state index in [9.17, 15) is 17.2 Å². The molecule has 2 N–H and O–H groups in total. The maximum absolute atomic E-state index is 17.1. The highest BCUT2D eigenvalue weighted by Crippen LogP contribution is 2.50. The largest absolute Gasteiger partial charge is 0.489 e. The second-order valence-electron chi connectivity index (χ2n) is 13.5. The average Bonchev–Trinajstić information content (AvgIpc) is 3.82. The second-order valence-corrected chi connectivity index (χ2v) is 17.4. The van der Waals surface area contributed by atoms with Crippen LogP contribution in [0.3, 0.4) is 0 Å². The van der Waals surface area contributed by atoms with Gasteiger partial charge in [-0.1, -0.05) is 22.9 Å². The molecule has 0 amide bonds. The van der Waals surface area contributed by atoms with Crippen molar-refractivity contribution in [2.75, 3.05) is 56.6 Å². The molecular formula is C32H35ClF3N7O4S2. The van der Waals surface area contributed by atoms with Crippen molar-refractivity contribution in [1.82, 2.24) is 24.2 Å². The fraction of sp³-hybridized carbons (Fsp3) is 0.531. The summed E-state index contributed by atoms with van der Waals surface area (Å²) < 4.78 is 86.7. The number of ether oxygens (including phenoxy) is 2. The van der Waals surface area contributed by atoms with Crippen LogP contribution in [0, 0.1) is 11.6 Å². The van der Waals surface area contributed by atoms with Gasteiger partial charge in [-0.15, -0.1) is 0 Å². The normalized spacial score (nSPS) is 24.7. The standard InChI is InChI=1S/C32H35ClF3N7O4S2/c1-16(2)49(44,45)42-9-6-18(14-42)43-10-11-46-27-22-26(24(36)21(23(27)33)19-4-5-20(35)28-25(19)38-30(37)48-28)39-31(40-29(22)43)47-15-32-7-3-8-41(32)13-17(34)12-32/h4-5,16-18H,3,6-15H2,1-2H3,(H2,37,38)/t17-,18?,32+/m1/s1. The minimum atomic E-state index is -3.52. The molecule has 2 aromatic heterocycles. The van der Waals surface area contributed by atoms with Crippen molar-refractivity contribution < 1.29 is 31.1 Å². The van der Waals surface area contributed by atoms with Gasteiger partial charge in [-0.05, 0) is 51.8 Å². The molecule has 0 spiro atoms. The monoisotopic (exact) mass is 737 g/mol. The average molecular weight is 738 g/mol. The first-order valence-electron chi connectivity index (χ1n) is 16.4. The van der Waals surface area contributed by atoms with Gasteiger partial charge in [0.2, 0.25) is 10.0 Å². The predicted molar refractivity (Wildman–Crippen MR) is 183 cm³/mol. The summed E-state index contributed by atoms with van der Waals surface area (Å²) in [5.74, 6) is -0.933. The van der Waals surface area contributed by atoms with Crippen LogP contribution in [-0.4, -0.2) is 102 Å². The summed E-state index contributed by atoms with van der Waals surface area (Å²) in [4.78, 5) is 17.7. The lowest BCUT2D eigenvalue weighted by molar-refractivity contribution is 0.107. The lowest BCUT2D eigenvalue weighted by Crippen LogP contribution is -2.44. The van der Waals surface area contributed by atoms with Crippen LogP contribution >= 0.6 is 22.9 Å². The number of halogens is 4. The molecule has 4 aromatic rings. The molecule has 3 fully saturated rings. The summed E-state index contributed by atoms with van der Waals surface area (Å²) in [5.41, 5.74) is 5.56. The number of aromatic nitrogens is 3. The zero-order valence-electron chi connectivity index (χ0n) is 26.9. The number of hydrogen-bond acceptors (Lipinski definition) is 11. The number of nitrogen functional groups attached to an aromatic ring is 1. The molecule has 0 saturated carbocycles. The van der Waals surface area contributed by atoms with Crippen molar-refractivity contribution in [2.45, 2.75) is 62.5 Å². The van der Waals surface area contributed by atoms with E-state index < -0.39 is 38.6 Å². The van der Waals surface area contributed by atoms with E-state index in [1.54, 1.807) is 13.8 Å². The van der Waals surface area contributed by atoms with Gasteiger partial charge in [0.05, 0.1) is 38.0 Å². The molecule has 3 atom stereocenters. The summed E-state index contributed by atoms with van der Waals surface area (Å²) in [5, 5.41) is -0.336. The number of nitrogens with two attached hydrogens (primary N) is 1. The molecule has 3 saturated heterocycles. The first-order chi connectivity index (χ1) is 23.4. The zero-order chi connectivity index (χ0) is 34.4. The Hall–Kier alpha value is -3.18. The summed E-state index contributed by atoms with van der Waals surface area (Å²) in [6, 6.07) is 2.18. The van der Waals surface area contributed by atoms with Gasteiger partial charge < -0.3 is 20.1 Å². The molecule has 262 valence electrons. The summed E-state index contributed by atoms with van der Waals surface area (Å²) >= 11 is 7.93. The Morgan fingerprint density at radius 3 is 2.78 bits per heavy atom. The molecule has 4 aliphatic rings. The number of hydrogen-bond donors (Lipinski definition) is 1. The Labute approximate surface area is 290 Å². The fourth-order valence-electron chi connectivity index (χ4n) is 7.92. The van der Waals surface area contributed by atoms with E-state index in [2.05, 4.69) is 14.9 Å². The van der Waals surface area contributed by atoms with Gasteiger partial charge in [-0.25, -0.2) is 26.6 Å². The zero-order valence-corrected chi connectivity index (χ0v) is 29.3. The second kappa shape index (κ2) is 12.0. The quantitative estimate of drug-likeness (QED) is 0.264. The van der Waals surface area contributed by atoms with Gasteiger partial charge >= 0.3 is 6.01 Å². The van der Waals surface area contributed by atoms with E-state index in [4.69, 9.17) is 31.8 Å². The first-order valence-corrected chi connectivity index (χ1v) is 19.1. The van der Waals surface area contributed by atoms with Crippen molar-refractivity contribution in [3.05, 3.63) is 28.8 Å². The number of sulfonamides is 1. The lowest BCUT2D eigenvalue weighted by atomic mass is 9.95. The Balaban J connectivity index is 1.29. The number of alkyl halides is 1. The van der Waals surface area contributed by atoms with Crippen LogP contribution in [-0.2, 0) is 10.0 Å². The minimum absolute atomic E-state index is 0.0688. The van der Waals surface area contributed by atoms with E-state index in [-0.39, 0.29) is 80.0 Å². The molecule has 0 bridgehead atoms. The van der Waals surface area contributed by atoms with Crippen molar-refractivity contribution in [3.8, 4) is 22.9 Å². The third-order valence-electron chi connectivity index (χ3n) is 10.3. The summed E-state index contributed by atoms with van der Waals surface area (Å²) in [6.07, 6.45) is 1.53. The molecule has 49 heavy (non-hydrogen) atoms. The van der Waals surface area contributed by atoms with Crippen molar-refractivity contribution in [3.63, 3.8) is 0 Å². The van der Waals surface area contributed by atoms with Gasteiger partial charge in [0, 0.05) is 43.2 Å². The van der Waals surface area contributed by atoms with Gasteiger partial charge in [0.1, 0.15) is 36.5 Å².